The molecule has 182 valence electrons. The summed E-state index contributed by atoms with van der Waals surface area (Å²) in [7, 11) is 0. The summed E-state index contributed by atoms with van der Waals surface area (Å²) < 4.78 is 21.7. The molecule has 4 heterocycles. The molecule has 5 rings (SSSR count). The first-order valence-electron chi connectivity index (χ1n) is 12.1. The highest BCUT2D eigenvalue weighted by Gasteiger charge is 2.32. The molecule has 0 radical (unpaired) electrons. The van der Waals surface area contributed by atoms with Crippen LogP contribution in [0.15, 0.2) is 16.7 Å². The van der Waals surface area contributed by atoms with Crippen molar-refractivity contribution in [3.05, 3.63) is 29.5 Å². The monoisotopic (exact) mass is 470 g/mol. The Morgan fingerprint density at radius 3 is 2.50 bits per heavy atom. The summed E-state index contributed by atoms with van der Waals surface area (Å²) in [6.07, 6.45) is 3.83. The average Bonchev–Trinajstić information content (AvgIpc) is 3.48. The van der Waals surface area contributed by atoms with Crippen molar-refractivity contribution in [1.29, 1.82) is 0 Å². The van der Waals surface area contributed by atoms with Crippen molar-refractivity contribution < 1.29 is 18.8 Å². The smallest absolute Gasteiger partial charge is 0.291 e. The largest absolute Gasteiger partial charge is 0.507 e. The lowest BCUT2D eigenvalue weighted by atomic mass is 9.93. The van der Waals surface area contributed by atoms with Gasteiger partial charge >= 0.3 is 0 Å². The summed E-state index contributed by atoms with van der Waals surface area (Å²) in [5, 5.41) is 19.4. The zero-order valence-corrected chi connectivity index (χ0v) is 19.9. The van der Waals surface area contributed by atoms with Gasteiger partial charge in [0.2, 0.25) is 11.8 Å². The quantitative estimate of drug-likeness (QED) is 0.622. The normalized spacial score (nSPS) is 18.9. The predicted octanol–water partition coefficient (Wildman–Crippen LogP) is 3.57. The number of halogens is 1. The number of rotatable bonds is 4. The molecule has 1 N–H and O–H groups in total. The number of nitrogens with zero attached hydrogens (tertiary/aromatic N) is 6. The van der Waals surface area contributed by atoms with Gasteiger partial charge in [-0.15, -0.1) is 0 Å². The number of carbonyl (C=O) groups is 1. The van der Waals surface area contributed by atoms with Gasteiger partial charge in [-0.05, 0) is 62.0 Å². The molecule has 1 aromatic carbocycles. The summed E-state index contributed by atoms with van der Waals surface area (Å²) in [6, 6.07) is 3.07. The van der Waals surface area contributed by atoms with E-state index >= 15 is 0 Å². The van der Waals surface area contributed by atoms with Crippen LogP contribution in [0.2, 0.25) is 0 Å². The maximum absolute atomic E-state index is 14.8. The molecule has 0 bridgehead atoms. The average molecular weight is 471 g/mol. The number of fused-ring (bicyclic) bond motifs is 1. The number of carbonyl (C=O) groups excluding carboxylic acids is 1. The molecule has 0 saturated carbocycles. The minimum Gasteiger partial charge on any atom is -0.507 e. The van der Waals surface area contributed by atoms with Gasteiger partial charge < -0.3 is 19.4 Å². The maximum atomic E-state index is 14.8. The molecule has 34 heavy (non-hydrogen) atoms. The number of aromatic nitrogens is 4. The Morgan fingerprint density at radius 1 is 1.15 bits per heavy atom. The van der Waals surface area contributed by atoms with Crippen molar-refractivity contribution in [1.82, 2.24) is 29.7 Å². The van der Waals surface area contributed by atoms with Crippen molar-refractivity contribution in [3.8, 4) is 11.7 Å². The van der Waals surface area contributed by atoms with Gasteiger partial charge in [-0.1, -0.05) is 13.8 Å². The highest BCUT2D eigenvalue weighted by atomic mass is 19.1. The molecule has 2 aliphatic rings. The van der Waals surface area contributed by atoms with Crippen molar-refractivity contribution >= 4 is 16.8 Å². The van der Waals surface area contributed by atoms with Crippen LogP contribution >= 0.6 is 0 Å². The molecule has 9 nitrogen and oxygen atoms in total. The second kappa shape index (κ2) is 8.98. The Bertz CT molecular complexity index is 1190. The zero-order chi connectivity index (χ0) is 24.0. The van der Waals surface area contributed by atoms with Gasteiger partial charge in [-0.3, -0.25) is 4.79 Å². The van der Waals surface area contributed by atoms with Crippen LogP contribution < -0.4 is 0 Å². The fraction of sp³-hybridized carbons (Fsp3) is 0.583. The van der Waals surface area contributed by atoms with E-state index in [1.54, 1.807) is 6.92 Å². The number of benzene rings is 1. The third-order valence-electron chi connectivity index (χ3n) is 7.25. The van der Waals surface area contributed by atoms with Gasteiger partial charge in [0.1, 0.15) is 17.1 Å². The Kier molecular flexibility index (Phi) is 6.01. The minimum atomic E-state index is -0.498. The third-order valence-corrected chi connectivity index (χ3v) is 7.25. The fourth-order valence-corrected chi connectivity index (χ4v) is 5.31. The Balaban J connectivity index is 1.31. The van der Waals surface area contributed by atoms with Gasteiger partial charge in [0.25, 0.3) is 5.95 Å². The van der Waals surface area contributed by atoms with E-state index in [9.17, 15) is 14.3 Å². The number of phenols is 1. The van der Waals surface area contributed by atoms with Crippen molar-refractivity contribution in [2.75, 3.05) is 26.2 Å². The molecule has 1 amide bonds. The summed E-state index contributed by atoms with van der Waals surface area (Å²) in [6.45, 7) is 9.06. The molecule has 0 unspecified atom stereocenters. The van der Waals surface area contributed by atoms with Gasteiger partial charge in [0.15, 0.2) is 0 Å². The molecule has 2 fully saturated rings. The molecule has 2 aliphatic heterocycles. The van der Waals surface area contributed by atoms with Crippen LogP contribution in [-0.4, -0.2) is 73.0 Å². The number of amides is 1. The predicted molar refractivity (Wildman–Crippen MR) is 123 cm³/mol. The van der Waals surface area contributed by atoms with Crippen LogP contribution in [0.5, 0.6) is 5.75 Å². The van der Waals surface area contributed by atoms with Crippen LogP contribution in [0.3, 0.4) is 0 Å². The lowest BCUT2D eigenvalue weighted by molar-refractivity contribution is -0.130. The molecule has 3 aromatic rings. The Hall–Kier alpha value is -3.01. The molecule has 0 spiro atoms. The van der Waals surface area contributed by atoms with Crippen LogP contribution in [0.1, 0.15) is 69.9 Å². The van der Waals surface area contributed by atoms with Gasteiger partial charge in [-0.2, -0.15) is 14.8 Å². The van der Waals surface area contributed by atoms with E-state index in [0.29, 0.717) is 23.0 Å². The summed E-state index contributed by atoms with van der Waals surface area (Å²) in [5.41, 5.74) is 0.741. The number of hydrogen-bond acceptors (Lipinski definition) is 7. The summed E-state index contributed by atoms with van der Waals surface area (Å²) >= 11 is 0. The first-order valence-corrected chi connectivity index (χ1v) is 12.1. The van der Waals surface area contributed by atoms with Crippen LogP contribution in [-0.2, 0) is 4.79 Å². The number of hydrogen-bond donors (Lipinski definition) is 1. The topological polar surface area (TPSA) is 101 Å². The Morgan fingerprint density at radius 2 is 1.85 bits per heavy atom. The van der Waals surface area contributed by atoms with Crippen LogP contribution in [0.25, 0.3) is 16.9 Å². The highest BCUT2D eigenvalue weighted by Crippen LogP contribution is 2.35. The fourth-order valence-electron chi connectivity index (χ4n) is 5.31. The van der Waals surface area contributed by atoms with E-state index in [4.69, 9.17) is 4.52 Å². The van der Waals surface area contributed by atoms with Gasteiger partial charge in [0.05, 0.1) is 11.1 Å². The van der Waals surface area contributed by atoms with E-state index in [2.05, 4.69) is 20.1 Å². The molecular formula is C24H31FN6O3. The second-order valence-electron chi connectivity index (χ2n) is 9.72. The van der Waals surface area contributed by atoms with Crippen molar-refractivity contribution in [3.63, 3.8) is 0 Å². The van der Waals surface area contributed by atoms with Crippen molar-refractivity contribution in [2.45, 2.75) is 64.3 Å². The number of aromatic hydroxyl groups is 1. The lowest BCUT2D eigenvalue weighted by Crippen LogP contribution is -2.48. The number of phenolic OH excluding ortho intramolecular Hbond substituents is 1. The SMILES string of the molecule is CC(=O)N1CCC(N2CCC(c3nc(-n4nc(C(C)C)c5c(O)ccc(F)c54)no3)CC2)CC1. The first-order chi connectivity index (χ1) is 16.3. The standard InChI is InChI=1S/C24H31FN6O3/c1-14(2)21-20-19(33)5-4-18(25)22(20)31(27-21)24-26-23(34-28-24)16-6-10-30(11-7-16)17-8-12-29(13-9-17)15(3)32/h4-5,14,16-17,33H,6-13H2,1-3H3. The number of piperidine rings is 2. The Labute approximate surface area is 197 Å². The molecule has 2 aromatic heterocycles. The van der Waals surface area contributed by atoms with E-state index < -0.39 is 5.82 Å². The minimum absolute atomic E-state index is 0.0171. The van der Waals surface area contributed by atoms with Crippen molar-refractivity contribution in [2.24, 2.45) is 0 Å². The first kappa shape index (κ1) is 22.8. The van der Waals surface area contributed by atoms with E-state index in [1.807, 2.05) is 18.7 Å². The van der Waals surface area contributed by atoms with E-state index in [1.165, 1.54) is 16.8 Å². The molecule has 10 heteroatoms. The van der Waals surface area contributed by atoms with E-state index in [-0.39, 0.29) is 35.0 Å². The van der Waals surface area contributed by atoms with E-state index in [0.717, 1.165) is 51.9 Å². The van der Waals surface area contributed by atoms with Crippen LogP contribution in [0, 0.1) is 5.82 Å². The zero-order valence-electron chi connectivity index (χ0n) is 19.9. The lowest BCUT2D eigenvalue weighted by Gasteiger charge is -2.41. The highest BCUT2D eigenvalue weighted by molar-refractivity contribution is 5.89. The number of likely N-dealkylation sites (tertiary alicyclic amines) is 2. The van der Waals surface area contributed by atoms with Gasteiger partial charge in [0, 0.05) is 32.0 Å². The third kappa shape index (κ3) is 4.04. The molecule has 0 atom stereocenters. The van der Waals surface area contributed by atoms with Gasteiger partial charge in [-0.25, -0.2) is 4.39 Å². The molecular weight excluding hydrogens is 439 g/mol. The van der Waals surface area contributed by atoms with Crippen LogP contribution in [0.4, 0.5) is 4.39 Å². The summed E-state index contributed by atoms with van der Waals surface area (Å²) in [5.74, 6) is 0.477. The second-order valence-corrected chi connectivity index (χ2v) is 9.72. The molecule has 2 saturated heterocycles. The maximum Gasteiger partial charge on any atom is 0.291 e. The molecule has 0 aliphatic carbocycles. The summed E-state index contributed by atoms with van der Waals surface area (Å²) in [4.78, 5) is 20.6.